The molecule has 0 amide bonds. The van der Waals surface area contributed by atoms with Crippen LogP contribution in [0.15, 0.2) is 18.2 Å². The Morgan fingerprint density at radius 3 is 2.67 bits per heavy atom. The van der Waals surface area contributed by atoms with Crippen LogP contribution in [0.5, 0.6) is 0 Å². The molecule has 4 heteroatoms. The molecule has 0 fully saturated rings. The van der Waals surface area contributed by atoms with Crippen LogP contribution in [-0.2, 0) is 6.54 Å². The Kier molecular flexibility index (Phi) is 4.99. The van der Waals surface area contributed by atoms with Crippen molar-refractivity contribution in [2.45, 2.75) is 13.5 Å². The molecule has 1 aromatic rings. The van der Waals surface area contributed by atoms with Crippen LogP contribution in [-0.4, -0.2) is 23.9 Å². The number of alkyl halides is 1. The average Bonchev–Trinajstić information content (AvgIpc) is 2.24. The fraction of sp³-hybridized carbons (Fsp3) is 0.455. The smallest absolute Gasteiger partial charge is 0.163 e. The standard InChI is InChI=1S/C11H14ClF2N/c1-2-15(7-6-12)8-9-4-3-5-10(13)11(9)14/h3-5H,2,6-8H2,1H3. The zero-order chi connectivity index (χ0) is 11.3. The van der Waals surface area contributed by atoms with Crippen molar-refractivity contribution < 1.29 is 8.78 Å². The minimum absolute atomic E-state index is 0.377. The van der Waals surface area contributed by atoms with Crippen molar-refractivity contribution in [3.63, 3.8) is 0 Å². The van der Waals surface area contributed by atoms with Gasteiger partial charge in [-0.25, -0.2) is 8.78 Å². The van der Waals surface area contributed by atoms with Gasteiger partial charge in [-0.05, 0) is 12.6 Å². The van der Waals surface area contributed by atoms with E-state index in [4.69, 9.17) is 11.6 Å². The summed E-state index contributed by atoms with van der Waals surface area (Å²) in [7, 11) is 0. The van der Waals surface area contributed by atoms with Crippen molar-refractivity contribution in [3.05, 3.63) is 35.4 Å². The molecule has 84 valence electrons. The van der Waals surface area contributed by atoms with Crippen LogP contribution in [0.25, 0.3) is 0 Å². The van der Waals surface area contributed by atoms with E-state index >= 15 is 0 Å². The highest BCUT2D eigenvalue weighted by molar-refractivity contribution is 6.18. The van der Waals surface area contributed by atoms with Crippen molar-refractivity contribution in [1.29, 1.82) is 0 Å². The Bertz CT molecular complexity index is 317. The monoisotopic (exact) mass is 233 g/mol. The van der Waals surface area contributed by atoms with E-state index in [0.29, 0.717) is 24.5 Å². The predicted molar refractivity (Wildman–Crippen MR) is 58.0 cm³/mol. The lowest BCUT2D eigenvalue weighted by Crippen LogP contribution is -2.25. The van der Waals surface area contributed by atoms with Crippen LogP contribution in [0.1, 0.15) is 12.5 Å². The summed E-state index contributed by atoms with van der Waals surface area (Å²) in [6.07, 6.45) is 0. The van der Waals surface area contributed by atoms with E-state index in [1.54, 1.807) is 6.07 Å². The molecule has 0 unspecified atom stereocenters. The SMILES string of the molecule is CCN(CCCl)Cc1cccc(F)c1F. The second kappa shape index (κ2) is 6.03. The molecule has 0 saturated heterocycles. The van der Waals surface area contributed by atoms with Crippen LogP contribution >= 0.6 is 11.6 Å². The lowest BCUT2D eigenvalue weighted by molar-refractivity contribution is 0.291. The summed E-state index contributed by atoms with van der Waals surface area (Å²) < 4.78 is 26.2. The highest BCUT2D eigenvalue weighted by atomic mass is 35.5. The van der Waals surface area contributed by atoms with Crippen molar-refractivity contribution in [2.24, 2.45) is 0 Å². The molecule has 0 radical (unpaired) electrons. The zero-order valence-corrected chi connectivity index (χ0v) is 9.40. The van der Waals surface area contributed by atoms with E-state index < -0.39 is 11.6 Å². The van der Waals surface area contributed by atoms with Gasteiger partial charge < -0.3 is 0 Å². The topological polar surface area (TPSA) is 3.24 Å². The van der Waals surface area contributed by atoms with Gasteiger partial charge in [0.25, 0.3) is 0 Å². The normalized spacial score (nSPS) is 11.0. The third-order valence-corrected chi connectivity index (χ3v) is 2.44. The molecule has 0 aliphatic rings. The molecule has 0 aliphatic heterocycles. The number of nitrogens with zero attached hydrogens (tertiary/aromatic N) is 1. The molecule has 0 atom stereocenters. The fourth-order valence-electron chi connectivity index (χ4n) is 1.38. The third-order valence-electron chi connectivity index (χ3n) is 2.27. The summed E-state index contributed by atoms with van der Waals surface area (Å²) in [5.41, 5.74) is 0.377. The molecular formula is C11H14ClF2N. The first-order valence-electron chi connectivity index (χ1n) is 4.90. The van der Waals surface area contributed by atoms with Crippen molar-refractivity contribution in [2.75, 3.05) is 19.0 Å². The molecule has 0 aliphatic carbocycles. The number of rotatable bonds is 5. The second-order valence-electron chi connectivity index (χ2n) is 3.27. The molecule has 1 nitrogen and oxygen atoms in total. The first kappa shape index (κ1) is 12.4. The summed E-state index contributed by atoms with van der Waals surface area (Å²) >= 11 is 5.60. The molecule has 15 heavy (non-hydrogen) atoms. The van der Waals surface area contributed by atoms with Crippen LogP contribution in [0.3, 0.4) is 0 Å². The van der Waals surface area contributed by atoms with Gasteiger partial charge in [0.1, 0.15) is 0 Å². The average molecular weight is 234 g/mol. The van der Waals surface area contributed by atoms with Gasteiger partial charge in [-0.1, -0.05) is 19.1 Å². The number of hydrogen-bond acceptors (Lipinski definition) is 1. The Balaban J connectivity index is 2.74. The molecule has 1 aromatic carbocycles. The van der Waals surface area contributed by atoms with E-state index in [2.05, 4.69) is 0 Å². The van der Waals surface area contributed by atoms with E-state index in [1.165, 1.54) is 6.07 Å². The lowest BCUT2D eigenvalue weighted by atomic mass is 10.2. The van der Waals surface area contributed by atoms with E-state index in [-0.39, 0.29) is 0 Å². The van der Waals surface area contributed by atoms with Crippen LogP contribution in [0.4, 0.5) is 8.78 Å². The van der Waals surface area contributed by atoms with Gasteiger partial charge in [-0.15, -0.1) is 11.6 Å². The van der Waals surface area contributed by atoms with Crippen molar-refractivity contribution >= 4 is 11.6 Å². The quantitative estimate of drug-likeness (QED) is 0.707. The van der Waals surface area contributed by atoms with Crippen molar-refractivity contribution in [1.82, 2.24) is 4.90 Å². The molecular weight excluding hydrogens is 220 g/mol. The van der Waals surface area contributed by atoms with Gasteiger partial charge in [0, 0.05) is 24.5 Å². The number of halogens is 3. The second-order valence-corrected chi connectivity index (χ2v) is 3.65. The first-order valence-corrected chi connectivity index (χ1v) is 5.43. The molecule has 0 spiro atoms. The predicted octanol–water partition coefficient (Wildman–Crippen LogP) is 3.03. The van der Waals surface area contributed by atoms with Gasteiger partial charge in [0.05, 0.1) is 0 Å². The Hall–Kier alpha value is -0.670. The summed E-state index contributed by atoms with van der Waals surface area (Å²) in [6, 6.07) is 4.23. The molecule has 1 rings (SSSR count). The molecule has 0 bridgehead atoms. The first-order chi connectivity index (χ1) is 7.19. The minimum Gasteiger partial charge on any atom is -0.298 e. The lowest BCUT2D eigenvalue weighted by Gasteiger charge is -2.19. The maximum absolute atomic E-state index is 13.3. The largest absolute Gasteiger partial charge is 0.298 e. The van der Waals surface area contributed by atoms with Crippen molar-refractivity contribution in [3.8, 4) is 0 Å². The van der Waals surface area contributed by atoms with Gasteiger partial charge in [-0.3, -0.25) is 4.90 Å². The summed E-state index contributed by atoms with van der Waals surface area (Å²) in [6.45, 7) is 3.80. The Morgan fingerprint density at radius 1 is 1.33 bits per heavy atom. The van der Waals surface area contributed by atoms with E-state index in [9.17, 15) is 8.78 Å². The minimum atomic E-state index is -0.797. The van der Waals surface area contributed by atoms with E-state index in [0.717, 1.165) is 12.6 Å². The Labute approximate surface area is 93.7 Å². The molecule has 0 N–H and O–H groups in total. The van der Waals surface area contributed by atoms with Gasteiger partial charge >= 0.3 is 0 Å². The third kappa shape index (κ3) is 3.43. The molecule has 0 saturated carbocycles. The maximum Gasteiger partial charge on any atom is 0.163 e. The molecule has 0 heterocycles. The number of hydrogen-bond donors (Lipinski definition) is 0. The molecule has 0 aromatic heterocycles. The van der Waals surface area contributed by atoms with Gasteiger partial charge in [0.15, 0.2) is 11.6 Å². The van der Waals surface area contributed by atoms with Gasteiger partial charge in [0.2, 0.25) is 0 Å². The van der Waals surface area contributed by atoms with Crippen LogP contribution < -0.4 is 0 Å². The highest BCUT2D eigenvalue weighted by Crippen LogP contribution is 2.13. The Morgan fingerprint density at radius 2 is 2.07 bits per heavy atom. The fourth-order valence-corrected chi connectivity index (χ4v) is 1.62. The summed E-state index contributed by atoms with van der Waals surface area (Å²) in [4.78, 5) is 1.96. The summed E-state index contributed by atoms with van der Waals surface area (Å²) in [5.74, 6) is -1.06. The maximum atomic E-state index is 13.3. The highest BCUT2D eigenvalue weighted by Gasteiger charge is 2.10. The van der Waals surface area contributed by atoms with Crippen LogP contribution in [0, 0.1) is 11.6 Å². The van der Waals surface area contributed by atoms with Crippen LogP contribution in [0.2, 0.25) is 0 Å². The number of benzene rings is 1. The van der Waals surface area contributed by atoms with E-state index in [1.807, 2.05) is 11.8 Å². The zero-order valence-electron chi connectivity index (χ0n) is 8.64. The van der Waals surface area contributed by atoms with Gasteiger partial charge in [-0.2, -0.15) is 0 Å². The summed E-state index contributed by atoms with van der Waals surface area (Å²) in [5, 5.41) is 0.